The van der Waals surface area contributed by atoms with Gasteiger partial charge in [-0.15, -0.1) is 0 Å². The SMILES string of the molecule is CC(C)(C(=O)O)S(=O)c1ccc(Cl)cc1. The largest absolute Gasteiger partial charge is 0.480 e. The molecule has 15 heavy (non-hydrogen) atoms. The molecule has 0 aromatic heterocycles. The van der Waals surface area contributed by atoms with Crippen molar-refractivity contribution in [3.05, 3.63) is 29.3 Å². The number of aliphatic carboxylic acids is 1. The number of carboxylic acids is 1. The summed E-state index contributed by atoms with van der Waals surface area (Å²) >= 11 is 5.68. The van der Waals surface area contributed by atoms with Gasteiger partial charge in [-0.3, -0.25) is 9.00 Å². The van der Waals surface area contributed by atoms with Crippen molar-refractivity contribution in [3.63, 3.8) is 0 Å². The average molecular weight is 247 g/mol. The number of halogens is 1. The van der Waals surface area contributed by atoms with E-state index in [1.807, 2.05) is 0 Å². The van der Waals surface area contributed by atoms with Gasteiger partial charge in [-0.25, -0.2) is 0 Å². The van der Waals surface area contributed by atoms with Crippen LogP contribution in [0.2, 0.25) is 5.02 Å². The number of benzene rings is 1. The van der Waals surface area contributed by atoms with Crippen LogP contribution >= 0.6 is 11.6 Å². The summed E-state index contributed by atoms with van der Waals surface area (Å²) < 4.78 is 10.6. The first-order valence-corrected chi connectivity index (χ1v) is 5.79. The Balaban J connectivity index is 3.05. The van der Waals surface area contributed by atoms with Crippen LogP contribution in [0.15, 0.2) is 29.2 Å². The predicted molar refractivity (Wildman–Crippen MR) is 59.6 cm³/mol. The second-order valence-corrected chi connectivity index (χ2v) is 6.00. The highest BCUT2D eigenvalue weighted by molar-refractivity contribution is 7.87. The molecular weight excluding hydrogens is 236 g/mol. The van der Waals surface area contributed by atoms with Crippen molar-refractivity contribution in [2.24, 2.45) is 0 Å². The van der Waals surface area contributed by atoms with E-state index in [-0.39, 0.29) is 0 Å². The molecule has 0 radical (unpaired) electrons. The first kappa shape index (κ1) is 12.2. The van der Waals surface area contributed by atoms with Gasteiger partial charge in [0.2, 0.25) is 0 Å². The Hall–Kier alpha value is -0.870. The zero-order chi connectivity index (χ0) is 11.6. The fourth-order valence-electron chi connectivity index (χ4n) is 0.932. The number of hydrogen-bond donors (Lipinski definition) is 1. The van der Waals surface area contributed by atoms with E-state index in [0.717, 1.165) is 0 Å². The molecule has 0 heterocycles. The van der Waals surface area contributed by atoms with E-state index in [0.29, 0.717) is 9.92 Å². The van der Waals surface area contributed by atoms with Crippen LogP contribution in [0.5, 0.6) is 0 Å². The minimum atomic E-state index is -1.59. The summed E-state index contributed by atoms with van der Waals surface area (Å²) in [6.07, 6.45) is 0. The van der Waals surface area contributed by atoms with Crippen molar-refractivity contribution in [1.82, 2.24) is 0 Å². The molecule has 0 saturated heterocycles. The first-order valence-electron chi connectivity index (χ1n) is 4.26. The highest BCUT2D eigenvalue weighted by Gasteiger charge is 2.35. The van der Waals surface area contributed by atoms with Crippen molar-refractivity contribution in [2.45, 2.75) is 23.5 Å². The lowest BCUT2D eigenvalue weighted by atomic mass is 10.2. The van der Waals surface area contributed by atoms with Crippen LogP contribution in [0.4, 0.5) is 0 Å². The van der Waals surface area contributed by atoms with Crippen LogP contribution in [0.3, 0.4) is 0 Å². The van der Waals surface area contributed by atoms with E-state index in [9.17, 15) is 9.00 Å². The molecule has 0 spiro atoms. The van der Waals surface area contributed by atoms with E-state index in [1.165, 1.54) is 13.8 Å². The van der Waals surface area contributed by atoms with Gasteiger partial charge in [0.1, 0.15) is 4.75 Å². The number of carboxylic acid groups (broad SMARTS) is 1. The van der Waals surface area contributed by atoms with Gasteiger partial charge in [-0.1, -0.05) is 11.6 Å². The Morgan fingerprint density at radius 2 is 1.80 bits per heavy atom. The molecule has 1 unspecified atom stereocenters. The molecule has 0 aliphatic carbocycles. The summed E-state index contributed by atoms with van der Waals surface area (Å²) in [5.41, 5.74) is 0. The smallest absolute Gasteiger partial charge is 0.322 e. The molecular formula is C10H11ClO3S. The van der Waals surface area contributed by atoms with Crippen molar-refractivity contribution in [2.75, 3.05) is 0 Å². The van der Waals surface area contributed by atoms with E-state index in [4.69, 9.17) is 16.7 Å². The minimum Gasteiger partial charge on any atom is -0.480 e. The first-order chi connectivity index (χ1) is 6.85. The van der Waals surface area contributed by atoms with Gasteiger partial charge in [0.15, 0.2) is 0 Å². The Labute approximate surface area is 95.5 Å². The van der Waals surface area contributed by atoms with Gasteiger partial charge < -0.3 is 5.11 Å². The second kappa shape index (κ2) is 4.33. The molecule has 1 aromatic rings. The lowest BCUT2D eigenvalue weighted by Gasteiger charge is -2.18. The fraction of sp³-hybridized carbons (Fsp3) is 0.300. The van der Waals surface area contributed by atoms with Gasteiger partial charge in [0, 0.05) is 9.92 Å². The molecule has 1 N–H and O–H groups in total. The standard InChI is InChI=1S/C10H11ClO3S/c1-10(2,9(12)13)15(14)8-5-3-7(11)4-6-8/h3-6H,1-2H3,(H,12,13). The fourth-order valence-corrected chi connectivity index (χ4v) is 2.19. The molecule has 3 nitrogen and oxygen atoms in total. The van der Waals surface area contributed by atoms with Crippen LogP contribution in [-0.2, 0) is 15.6 Å². The summed E-state index contributed by atoms with van der Waals surface area (Å²) in [6.45, 7) is 2.86. The third-order valence-electron chi connectivity index (χ3n) is 2.01. The molecule has 0 aliphatic rings. The molecule has 0 amide bonds. The van der Waals surface area contributed by atoms with Crippen molar-refractivity contribution in [3.8, 4) is 0 Å². The zero-order valence-corrected chi connectivity index (χ0v) is 9.93. The van der Waals surface area contributed by atoms with E-state index in [1.54, 1.807) is 24.3 Å². The van der Waals surface area contributed by atoms with Crippen LogP contribution < -0.4 is 0 Å². The molecule has 1 aromatic carbocycles. The second-order valence-electron chi connectivity index (χ2n) is 3.54. The maximum Gasteiger partial charge on any atom is 0.322 e. The normalized spacial score (nSPS) is 13.5. The molecule has 5 heteroatoms. The molecule has 0 bridgehead atoms. The van der Waals surface area contributed by atoms with Crippen LogP contribution in [0.1, 0.15) is 13.8 Å². The Bertz CT molecular complexity index is 398. The Morgan fingerprint density at radius 3 is 2.20 bits per heavy atom. The summed E-state index contributed by atoms with van der Waals surface area (Å²) in [7, 11) is -1.59. The summed E-state index contributed by atoms with van der Waals surface area (Å²) in [5, 5.41) is 9.44. The van der Waals surface area contributed by atoms with Crippen molar-refractivity contribution < 1.29 is 14.1 Å². The van der Waals surface area contributed by atoms with Crippen LogP contribution in [0.25, 0.3) is 0 Å². The third-order valence-corrected chi connectivity index (χ3v) is 4.06. The number of rotatable bonds is 3. The minimum absolute atomic E-state index is 0.465. The number of carbonyl (C=O) groups is 1. The topological polar surface area (TPSA) is 54.4 Å². The molecule has 0 fully saturated rings. The van der Waals surface area contributed by atoms with Crippen molar-refractivity contribution >= 4 is 28.4 Å². The van der Waals surface area contributed by atoms with Crippen LogP contribution in [0, 0.1) is 0 Å². The molecule has 0 aliphatic heterocycles. The van der Waals surface area contributed by atoms with Gasteiger partial charge in [0.25, 0.3) is 0 Å². The Morgan fingerprint density at radius 1 is 1.33 bits per heavy atom. The summed E-state index contributed by atoms with van der Waals surface area (Å²) in [4.78, 5) is 11.3. The monoisotopic (exact) mass is 246 g/mol. The maximum absolute atomic E-state index is 11.9. The van der Waals surface area contributed by atoms with Crippen LogP contribution in [-0.4, -0.2) is 20.0 Å². The van der Waals surface area contributed by atoms with Gasteiger partial charge in [-0.05, 0) is 38.1 Å². The van der Waals surface area contributed by atoms with E-state index < -0.39 is 21.5 Å². The lowest BCUT2D eigenvalue weighted by molar-refractivity contribution is -0.139. The lowest BCUT2D eigenvalue weighted by Crippen LogP contribution is -2.36. The van der Waals surface area contributed by atoms with E-state index >= 15 is 0 Å². The molecule has 1 rings (SSSR count). The maximum atomic E-state index is 11.9. The Kier molecular flexibility index (Phi) is 3.52. The van der Waals surface area contributed by atoms with Gasteiger partial charge in [-0.2, -0.15) is 0 Å². The zero-order valence-electron chi connectivity index (χ0n) is 8.36. The highest BCUT2D eigenvalue weighted by atomic mass is 35.5. The third kappa shape index (κ3) is 2.58. The number of hydrogen-bond acceptors (Lipinski definition) is 2. The average Bonchev–Trinajstić information content (AvgIpc) is 2.17. The summed E-state index contributed by atoms with van der Waals surface area (Å²) in [6, 6.07) is 6.33. The highest BCUT2D eigenvalue weighted by Crippen LogP contribution is 2.22. The summed E-state index contributed by atoms with van der Waals surface area (Å²) in [5.74, 6) is -1.09. The van der Waals surface area contributed by atoms with E-state index in [2.05, 4.69) is 0 Å². The quantitative estimate of drug-likeness (QED) is 0.891. The van der Waals surface area contributed by atoms with Gasteiger partial charge in [0.05, 0.1) is 10.8 Å². The van der Waals surface area contributed by atoms with Crippen molar-refractivity contribution in [1.29, 1.82) is 0 Å². The molecule has 82 valence electrons. The van der Waals surface area contributed by atoms with Gasteiger partial charge >= 0.3 is 5.97 Å². The molecule has 1 atom stereocenters. The predicted octanol–water partition coefficient (Wildman–Crippen LogP) is 2.31. The molecule has 0 saturated carbocycles.